The van der Waals surface area contributed by atoms with Gasteiger partial charge in [-0.15, -0.1) is 0 Å². The maximum Gasteiger partial charge on any atom is 0.344 e. The van der Waals surface area contributed by atoms with Gasteiger partial charge in [0, 0.05) is 11.6 Å². The van der Waals surface area contributed by atoms with Crippen LogP contribution in [0.1, 0.15) is 5.56 Å². The van der Waals surface area contributed by atoms with E-state index >= 15 is 0 Å². The fourth-order valence-corrected chi connectivity index (χ4v) is 3.70. The summed E-state index contributed by atoms with van der Waals surface area (Å²) in [5.74, 6) is 0.0504. The number of ether oxygens (including phenoxy) is 3. The smallest absolute Gasteiger partial charge is 0.344 e. The van der Waals surface area contributed by atoms with Gasteiger partial charge in [-0.2, -0.15) is 0 Å². The normalized spacial score (nSPS) is 16.4. The van der Waals surface area contributed by atoms with E-state index in [4.69, 9.17) is 14.2 Å². The Morgan fingerprint density at radius 1 is 1.03 bits per heavy atom. The number of hydrogen-bond acceptors (Lipinski definition) is 8. The average Bonchev–Trinajstić information content (AvgIpc) is 3.03. The van der Waals surface area contributed by atoms with Gasteiger partial charge in [-0.05, 0) is 30.3 Å². The summed E-state index contributed by atoms with van der Waals surface area (Å²) in [7, 11) is 4.24. The van der Waals surface area contributed by atoms with Crippen LogP contribution in [0.3, 0.4) is 0 Å². The van der Waals surface area contributed by atoms with Gasteiger partial charge in [-0.25, -0.2) is 9.79 Å². The van der Waals surface area contributed by atoms with Gasteiger partial charge >= 0.3 is 5.97 Å². The lowest BCUT2D eigenvalue weighted by Crippen LogP contribution is -2.10. The molecule has 0 atom stereocenters. The molecule has 1 aliphatic heterocycles. The van der Waals surface area contributed by atoms with Crippen LogP contribution < -0.4 is 9.47 Å². The van der Waals surface area contributed by atoms with Crippen LogP contribution in [-0.2, 0) is 9.53 Å². The van der Waals surface area contributed by atoms with Crippen LogP contribution in [0.15, 0.2) is 63.7 Å². The number of carbonyl (C=O) groups is 1. The Kier molecular flexibility index (Phi) is 6.13. The van der Waals surface area contributed by atoms with E-state index in [-0.39, 0.29) is 22.1 Å². The molecule has 0 fully saturated rings. The summed E-state index contributed by atoms with van der Waals surface area (Å²) in [6.07, 6.45) is 1.64. The summed E-state index contributed by atoms with van der Waals surface area (Å²) in [6, 6.07) is 11.7. The molecule has 1 aliphatic rings. The standard InChI is InChI=1S/C21H19NO6S/c1-26-15-7-5-4-6-14(15)22-20-18(21(25)28-3)19(24)17(29-20)10-12-8-9-13(23)11-16(12)27-2/h4-11,23-24H,1-3H3. The summed E-state index contributed by atoms with van der Waals surface area (Å²) in [6.45, 7) is 0. The number of methoxy groups -OCH3 is 3. The Hall–Kier alpha value is -3.39. The fourth-order valence-electron chi connectivity index (χ4n) is 2.68. The minimum Gasteiger partial charge on any atom is -0.508 e. The van der Waals surface area contributed by atoms with E-state index in [1.807, 2.05) is 0 Å². The van der Waals surface area contributed by atoms with Crippen molar-refractivity contribution in [1.29, 1.82) is 0 Å². The van der Waals surface area contributed by atoms with Crippen LogP contribution in [0.25, 0.3) is 6.08 Å². The van der Waals surface area contributed by atoms with Gasteiger partial charge in [-0.1, -0.05) is 23.9 Å². The lowest BCUT2D eigenvalue weighted by Gasteiger charge is -2.06. The summed E-state index contributed by atoms with van der Waals surface area (Å²) in [5.41, 5.74) is 1.09. The number of carbonyl (C=O) groups excluding carboxylic acids is 1. The Morgan fingerprint density at radius 3 is 2.45 bits per heavy atom. The highest BCUT2D eigenvalue weighted by Crippen LogP contribution is 2.42. The van der Waals surface area contributed by atoms with Crippen molar-refractivity contribution in [3.63, 3.8) is 0 Å². The molecule has 0 aliphatic carbocycles. The Bertz CT molecular complexity index is 1040. The largest absolute Gasteiger partial charge is 0.508 e. The number of phenols is 1. The maximum absolute atomic E-state index is 12.3. The quantitative estimate of drug-likeness (QED) is 0.709. The van der Waals surface area contributed by atoms with E-state index in [1.54, 1.807) is 36.4 Å². The van der Waals surface area contributed by atoms with Gasteiger partial charge in [0.1, 0.15) is 39.3 Å². The molecule has 7 nitrogen and oxygen atoms in total. The van der Waals surface area contributed by atoms with E-state index in [0.29, 0.717) is 27.7 Å². The van der Waals surface area contributed by atoms with Gasteiger partial charge in [0.2, 0.25) is 0 Å². The highest BCUT2D eigenvalue weighted by molar-refractivity contribution is 8.18. The van der Waals surface area contributed by atoms with Crippen LogP contribution in [0, 0.1) is 0 Å². The Labute approximate surface area is 171 Å². The number of phenolic OH excluding ortho intramolecular Hbond substituents is 1. The number of aliphatic imine (C=N–C) groups is 1. The molecule has 8 heteroatoms. The van der Waals surface area contributed by atoms with Crippen molar-refractivity contribution in [1.82, 2.24) is 0 Å². The number of aliphatic hydroxyl groups is 1. The number of benzene rings is 2. The van der Waals surface area contributed by atoms with E-state index in [0.717, 1.165) is 11.8 Å². The summed E-state index contributed by atoms with van der Waals surface area (Å²) < 4.78 is 15.4. The number of esters is 1. The van der Waals surface area contributed by atoms with Crippen LogP contribution in [0.2, 0.25) is 0 Å². The SMILES string of the molecule is COC(=O)C1=C(O)C(=Cc2ccc(O)cc2OC)SC1=Nc1ccccc1OC. The van der Waals surface area contributed by atoms with Gasteiger partial charge in [0.15, 0.2) is 0 Å². The number of rotatable bonds is 5. The Balaban J connectivity index is 2.10. The zero-order valence-electron chi connectivity index (χ0n) is 16.0. The molecule has 29 heavy (non-hydrogen) atoms. The second kappa shape index (κ2) is 8.74. The van der Waals surface area contributed by atoms with Crippen molar-refractivity contribution >= 4 is 34.5 Å². The van der Waals surface area contributed by atoms with E-state index in [9.17, 15) is 15.0 Å². The summed E-state index contributed by atoms with van der Waals surface area (Å²) in [5, 5.41) is 20.6. The minimum absolute atomic E-state index is 0.0348. The maximum atomic E-state index is 12.3. The second-order valence-corrected chi connectivity index (χ2v) is 6.87. The number of hydrogen-bond donors (Lipinski definition) is 2. The molecule has 150 valence electrons. The highest BCUT2D eigenvalue weighted by atomic mass is 32.2. The predicted molar refractivity (Wildman–Crippen MR) is 112 cm³/mol. The van der Waals surface area contributed by atoms with Crippen molar-refractivity contribution in [2.45, 2.75) is 0 Å². The molecule has 1 heterocycles. The first-order chi connectivity index (χ1) is 14.0. The van der Waals surface area contributed by atoms with E-state index < -0.39 is 5.97 Å². The van der Waals surface area contributed by atoms with Gasteiger partial charge in [0.25, 0.3) is 0 Å². The molecular weight excluding hydrogens is 394 g/mol. The van der Waals surface area contributed by atoms with Crippen LogP contribution in [-0.4, -0.2) is 42.6 Å². The number of thioether (sulfide) groups is 1. The predicted octanol–water partition coefficient (Wildman–Crippen LogP) is 4.21. The third-order valence-corrected chi connectivity index (χ3v) is 5.11. The van der Waals surface area contributed by atoms with E-state index in [2.05, 4.69) is 4.99 Å². The first kappa shape index (κ1) is 20.3. The summed E-state index contributed by atoms with van der Waals surface area (Å²) in [4.78, 5) is 17.2. The third kappa shape index (κ3) is 4.22. The van der Waals surface area contributed by atoms with Crippen LogP contribution in [0.4, 0.5) is 5.69 Å². The minimum atomic E-state index is -0.704. The van der Waals surface area contributed by atoms with Crippen molar-refractivity contribution in [2.75, 3.05) is 21.3 Å². The topological polar surface area (TPSA) is 97.6 Å². The lowest BCUT2D eigenvalue weighted by molar-refractivity contribution is -0.135. The highest BCUT2D eigenvalue weighted by Gasteiger charge is 2.33. The molecule has 0 saturated carbocycles. The molecule has 0 saturated heterocycles. The number of aliphatic hydroxyl groups excluding tert-OH is 1. The Morgan fingerprint density at radius 2 is 1.76 bits per heavy atom. The van der Waals surface area contributed by atoms with E-state index in [1.165, 1.54) is 33.5 Å². The third-order valence-electron chi connectivity index (χ3n) is 4.09. The molecule has 0 unspecified atom stereocenters. The molecule has 0 amide bonds. The molecular formula is C21H19NO6S. The molecule has 2 N–H and O–H groups in total. The molecule has 0 aromatic heterocycles. The zero-order valence-corrected chi connectivity index (χ0v) is 16.8. The second-order valence-electron chi connectivity index (χ2n) is 5.84. The molecule has 3 rings (SSSR count). The molecule has 2 aromatic carbocycles. The van der Waals surface area contributed by atoms with Gasteiger partial charge in [-0.3, -0.25) is 0 Å². The monoisotopic (exact) mass is 413 g/mol. The van der Waals surface area contributed by atoms with Gasteiger partial charge < -0.3 is 24.4 Å². The average molecular weight is 413 g/mol. The van der Waals surface area contributed by atoms with Crippen LogP contribution >= 0.6 is 11.8 Å². The number of nitrogens with zero attached hydrogens (tertiary/aromatic N) is 1. The zero-order chi connectivity index (χ0) is 21.0. The van der Waals surface area contributed by atoms with Crippen molar-refractivity contribution in [3.05, 3.63) is 64.3 Å². The first-order valence-electron chi connectivity index (χ1n) is 8.49. The molecule has 2 aromatic rings. The van der Waals surface area contributed by atoms with Crippen molar-refractivity contribution < 1.29 is 29.2 Å². The molecule has 0 bridgehead atoms. The fraction of sp³-hybridized carbons (Fsp3) is 0.143. The number of para-hydroxylation sites is 2. The lowest BCUT2D eigenvalue weighted by atomic mass is 10.1. The van der Waals surface area contributed by atoms with Crippen molar-refractivity contribution in [2.24, 2.45) is 4.99 Å². The number of aromatic hydroxyl groups is 1. The van der Waals surface area contributed by atoms with Crippen molar-refractivity contribution in [3.8, 4) is 17.2 Å². The molecule has 0 radical (unpaired) electrons. The summed E-state index contributed by atoms with van der Waals surface area (Å²) >= 11 is 1.12. The van der Waals surface area contributed by atoms with Crippen LogP contribution in [0.5, 0.6) is 17.2 Å². The first-order valence-corrected chi connectivity index (χ1v) is 9.30. The molecule has 0 spiro atoms. The van der Waals surface area contributed by atoms with Gasteiger partial charge in [0.05, 0.1) is 26.2 Å².